The Balaban J connectivity index is 0.000000324. The molecule has 8 nitrogen and oxygen atoms in total. The molecular weight excluding hydrogens is 464 g/mol. The summed E-state index contributed by atoms with van der Waals surface area (Å²) in [4.78, 5) is 37.0. The summed E-state index contributed by atoms with van der Waals surface area (Å²) in [5, 5.41) is 14.2. The number of fused-ring (bicyclic) bond motifs is 1. The van der Waals surface area contributed by atoms with Crippen molar-refractivity contribution in [2.24, 2.45) is 5.92 Å². The van der Waals surface area contributed by atoms with Crippen molar-refractivity contribution in [3.8, 4) is 0 Å². The third kappa shape index (κ3) is 10.2. The number of carbonyl (C=O) groups is 3. The van der Waals surface area contributed by atoms with Gasteiger partial charge in [-0.1, -0.05) is 0 Å². The lowest BCUT2D eigenvalue weighted by atomic mass is 9.96. The second-order valence-electron chi connectivity index (χ2n) is 8.40. The number of likely N-dealkylation sites (N-methyl/N-ethyl adjacent to an activating group) is 1. The lowest BCUT2D eigenvalue weighted by Gasteiger charge is -2.40. The van der Waals surface area contributed by atoms with Crippen LogP contribution in [0.2, 0.25) is 0 Å². The van der Waals surface area contributed by atoms with Crippen LogP contribution in [0.4, 0.5) is 26.3 Å². The number of rotatable bonds is 5. The predicted molar refractivity (Wildman–Crippen MR) is 103 cm³/mol. The van der Waals surface area contributed by atoms with Crippen molar-refractivity contribution in [2.45, 2.75) is 56.5 Å². The fraction of sp³-hybridized carbons (Fsp3) is 0.842. The SMILES string of the molecule is CN(C)CCN1C(=O)CC[C@@H]2[C@H]1CCN2CC1CC1.O=C(O)C(F)(F)F.O=C(O)C(F)(F)F. The molecular formula is C19H29F6N3O5. The van der Waals surface area contributed by atoms with Gasteiger partial charge >= 0.3 is 24.3 Å². The van der Waals surface area contributed by atoms with Gasteiger partial charge in [0.05, 0.1) is 0 Å². The van der Waals surface area contributed by atoms with E-state index in [2.05, 4.69) is 28.8 Å². The Kier molecular flexibility index (Phi) is 10.4. The third-order valence-electron chi connectivity index (χ3n) is 5.46. The summed E-state index contributed by atoms with van der Waals surface area (Å²) in [6.45, 7) is 4.39. The molecule has 1 saturated carbocycles. The standard InChI is InChI=1S/C15H27N3O.2C2HF3O2/c1-16(2)9-10-18-14-7-8-17(11-12-3-4-12)13(14)5-6-15(18)19;2*3-2(4,5)1(6)7/h12-14H,3-11H2,1-2H3;2*(H,6,7)/t13-,14-;;/m1../s1. The average molecular weight is 493 g/mol. The number of carboxylic acids is 2. The number of alkyl halides is 6. The van der Waals surface area contributed by atoms with Crippen molar-refractivity contribution in [1.82, 2.24) is 14.7 Å². The zero-order valence-electron chi connectivity index (χ0n) is 18.3. The quantitative estimate of drug-likeness (QED) is 0.567. The second-order valence-corrected chi connectivity index (χ2v) is 8.40. The van der Waals surface area contributed by atoms with E-state index in [4.69, 9.17) is 19.8 Å². The van der Waals surface area contributed by atoms with E-state index in [1.165, 1.54) is 32.4 Å². The summed E-state index contributed by atoms with van der Waals surface area (Å²) in [6.07, 6.45) is -4.27. The Morgan fingerprint density at radius 1 is 0.939 bits per heavy atom. The van der Waals surface area contributed by atoms with Gasteiger partial charge in [0.2, 0.25) is 5.91 Å². The van der Waals surface area contributed by atoms with Gasteiger partial charge in [-0.15, -0.1) is 0 Å². The molecule has 2 N–H and O–H groups in total. The number of aliphatic carboxylic acids is 2. The maximum absolute atomic E-state index is 12.2. The molecule has 0 aromatic rings. The molecule has 1 aliphatic carbocycles. The maximum Gasteiger partial charge on any atom is 0.490 e. The first-order chi connectivity index (χ1) is 15.0. The van der Waals surface area contributed by atoms with Crippen molar-refractivity contribution < 1.29 is 50.9 Å². The van der Waals surface area contributed by atoms with Crippen LogP contribution in [-0.2, 0) is 14.4 Å². The van der Waals surface area contributed by atoms with Crippen LogP contribution < -0.4 is 0 Å². The third-order valence-corrected chi connectivity index (χ3v) is 5.46. The number of halogens is 6. The largest absolute Gasteiger partial charge is 0.490 e. The van der Waals surface area contributed by atoms with E-state index in [0.29, 0.717) is 18.0 Å². The lowest BCUT2D eigenvalue weighted by Crippen LogP contribution is -2.53. The van der Waals surface area contributed by atoms with Gasteiger partial charge in [0, 0.05) is 44.7 Å². The topological polar surface area (TPSA) is 101 Å². The van der Waals surface area contributed by atoms with Crippen molar-refractivity contribution in [2.75, 3.05) is 40.3 Å². The van der Waals surface area contributed by atoms with Crippen LogP contribution in [0.3, 0.4) is 0 Å². The average Bonchev–Trinajstić information content (AvgIpc) is 3.39. The molecule has 2 saturated heterocycles. The van der Waals surface area contributed by atoms with E-state index in [-0.39, 0.29) is 0 Å². The Morgan fingerprint density at radius 3 is 1.82 bits per heavy atom. The fourth-order valence-corrected chi connectivity index (χ4v) is 3.70. The van der Waals surface area contributed by atoms with Crippen LogP contribution in [0.25, 0.3) is 0 Å². The summed E-state index contributed by atoms with van der Waals surface area (Å²) in [5.74, 6) is -4.16. The van der Waals surface area contributed by atoms with E-state index in [0.717, 1.165) is 31.8 Å². The zero-order chi connectivity index (χ0) is 25.6. The van der Waals surface area contributed by atoms with E-state index in [1.54, 1.807) is 0 Å². The van der Waals surface area contributed by atoms with E-state index >= 15 is 0 Å². The van der Waals surface area contributed by atoms with Gasteiger partial charge in [0.1, 0.15) is 0 Å². The first-order valence-electron chi connectivity index (χ1n) is 10.3. The smallest absolute Gasteiger partial charge is 0.475 e. The highest BCUT2D eigenvalue weighted by Gasteiger charge is 2.44. The van der Waals surface area contributed by atoms with Crippen molar-refractivity contribution in [3.05, 3.63) is 0 Å². The summed E-state index contributed by atoms with van der Waals surface area (Å²) in [6, 6.07) is 1.15. The molecule has 2 aliphatic heterocycles. The highest BCUT2D eigenvalue weighted by molar-refractivity contribution is 5.77. The van der Waals surface area contributed by atoms with Crippen LogP contribution in [0.1, 0.15) is 32.1 Å². The molecule has 14 heteroatoms. The molecule has 3 aliphatic rings. The second kappa shape index (κ2) is 11.9. The molecule has 1 amide bonds. The first kappa shape index (κ1) is 28.9. The summed E-state index contributed by atoms with van der Waals surface area (Å²) in [5.41, 5.74) is 0. The molecule has 192 valence electrons. The van der Waals surface area contributed by atoms with Crippen LogP contribution >= 0.6 is 0 Å². The molecule has 33 heavy (non-hydrogen) atoms. The number of likely N-dealkylation sites (tertiary alicyclic amines) is 2. The molecule has 3 rings (SSSR count). The predicted octanol–water partition coefficient (Wildman–Crippen LogP) is 2.29. The van der Waals surface area contributed by atoms with Crippen LogP contribution in [0.15, 0.2) is 0 Å². The minimum Gasteiger partial charge on any atom is -0.475 e. The van der Waals surface area contributed by atoms with Crippen LogP contribution in [-0.4, -0.2) is 107 Å². The highest BCUT2D eigenvalue weighted by atomic mass is 19.4. The van der Waals surface area contributed by atoms with Crippen molar-refractivity contribution in [3.63, 3.8) is 0 Å². The molecule has 0 spiro atoms. The number of amides is 1. The fourth-order valence-electron chi connectivity index (χ4n) is 3.70. The van der Waals surface area contributed by atoms with Gasteiger partial charge < -0.3 is 20.0 Å². The highest BCUT2D eigenvalue weighted by Crippen LogP contribution is 2.36. The summed E-state index contributed by atoms with van der Waals surface area (Å²) >= 11 is 0. The molecule has 0 unspecified atom stereocenters. The molecule has 0 aromatic carbocycles. The van der Waals surface area contributed by atoms with Gasteiger partial charge in [0.15, 0.2) is 0 Å². The number of carbonyl (C=O) groups excluding carboxylic acids is 1. The first-order valence-corrected chi connectivity index (χ1v) is 10.3. The zero-order valence-corrected chi connectivity index (χ0v) is 18.3. The molecule has 3 fully saturated rings. The Morgan fingerprint density at radius 2 is 1.42 bits per heavy atom. The number of hydrogen-bond donors (Lipinski definition) is 2. The molecule has 2 heterocycles. The number of piperidine rings is 1. The summed E-state index contributed by atoms with van der Waals surface area (Å²) in [7, 11) is 4.17. The van der Waals surface area contributed by atoms with Crippen molar-refractivity contribution >= 4 is 17.8 Å². The molecule has 2 atom stereocenters. The van der Waals surface area contributed by atoms with Gasteiger partial charge in [-0.2, -0.15) is 26.3 Å². The number of carboxylic acid groups (broad SMARTS) is 2. The number of hydrogen-bond acceptors (Lipinski definition) is 5. The monoisotopic (exact) mass is 493 g/mol. The van der Waals surface area contributed by atoms with E-state index in [1.807, 2.05) is 0 Å². The van der Waals surface area contributed by atoms with Crippen LogP contribution in [0.5, 0.6) is 0 Å². The maximum atomic E-state index is 12.2. The van der Waals surface area contributed by atoms with E-state index < -0.39 is 24.3 Å². The Bertz CT molecular complexity index is 658. The lowest BCUT2D eigenvalue weighted by molar-refractivity contribution is -0.193. The minimum absolute atomic E-state index is 0.386. The number of nitrogens with zero attached hydrogens (tertiary/aromatic N) is 3. The minimum atomic E-state index is -5.08. The van der Waals surface area contributed by atoms with Gasteiger partial charge in [0.25, 0.3) is 0 Å². The normalized spacial score (nSPS) is 23.3. The Labute approximate surface area is 187 Å². The van der Waals surface area contributed by atoms with E-state index in [9.17, 15) is 31.1 Å². The molecule has 0 radical (unpaired) electrons. The van der Waals surface area contributed by atoms with Gasteiger partial charge in [-0.05, 0) is 45.7 Å². The summed E-state index contributed by atoms with van der Waals surface area (Å²) < 4.78 is 63.5. The van der Waals surface area contributed by atoms with Crippen molar-refractivity contribution in [1.29, 1.82) is 0 Å². The van der Waals surface area contributed by atoms with Gasteiger partial charge in [-0.3, -0.25) is 9.69 Å². The molecule has 0 bridgehead atoms. The molecule has 0 aromatic heterocycles. The van der Waals surface area contributed by atoms with Crippen LogP contribution in [0, 0.1) is 5.92 Å². The van der Waals surface area contributed by atoms with Gasteiger partial charge in [-0.25, -0.2) is 9.59 Å². The Hall–Kier alpha value is -2.09.